The molecule has 0 saturated carbocycles. The van der Waals surface area contributed by atoms with Crippen molar-refractivity contribution in [3.8, 4) is 22.3 Å². The second kappa shape index (κ2) is 8.73. The molecule has 164 valence electrons. The van der Waals surface area contributed by atoms with E-state index in [9.17, 15) is 17.6 Å². The second-order valence-corrected chi connectivity index (χ2v) is 7.86. The van der Waals surface area contributed by atoms with Gasteiger partial charge in [0.1, 0.15) is 11.6 Å². The van der Waals surface area contributed by atoms with Crippen molar-refractivity contribution in [2.45, 2.75) is 32.4 Å². The normalized spacial score (nSPS) is 11.8. The van der Waals surface area contributed by atoms with Crippen LogP contribution in [0.5, 0.6) is 0 Å². The van der Waals surface area contributed by atoms with Gasteiger partial charge in [-0.25, -0.2) is 8.78 Å². The number of hydrogen-bond acceptors (Lipinski definition) is 0. The van der Waals surface area contributed by atoms with Gasteiger partial charge in [0.05, 0.1) is 5.56 Å². The molecule has 0 radical (unpaired) electrons. The maximum Gasteiger partial charge on any atom is 0.419 e. The van der Waals surface area contributed by atoms with Crippen LogP contribution in [0.4, 0.5) is 22.0 Å². The van der Waals surface area contributed by atoms with E-state index < -0.39 is 17.6 Å². The minimum Gasteiger partial charge on any atom is -0.206 e. The minimum atomic E-state index is -4.74. The first-order valence-corrected chi connectivity index (χ1v) is 10.5. The van der Waals surface area contributed by atoms with E-state index in [1.807, 2.05) is 18.2 Å². The molecule has 0 fully saturated rings. The van der Waals surface area contributed by atoms with Crippen molar-refractivity contribution in [2.75, 3.05) is 0 Å². The Bertz CT molecular complexity index is 1250. The Morgan fingerprint density at radius 2 is 1.41 bits per heavy atom. The zero-order valence-electron chi connectivity index (χ0n) is 17.4. The molecule has 0 atom stereocenters. The highest BCUT2D eigenvalue weighted by Crippen LogP contribution is 2.35. The molecule has 0 unspecified atom stereocenters. The number of halogens is 5. The Morgan fingerprint density at radius 3 is 2.06 bits per heavy atom. The topological polar surface area (TPSA) is 0 Å². The largest absolute Gasteiger partial charge is 0.419 e. The van der Waals surface area contributed by atoms with Gasteiger partial charge in [-0.3, -0.25) is 0 Å². The Balaban J connectivity index is 1.64. The third-order valence-corrected chi connectivity index (χ3v) is 5.64. The van der Waals surface area contributed by atoms with Gasteiger partial charge in [-0.05, 0) is 52.6 Å². The predicted octanol–water partition coefficient (Wildman–Crippen LogP) is 8.81. The van der Waals surface area contributed by atoms with Crippen LogP contribution in [0.1, 0.15) is 30.9 Å². The zero-order chi connectivity index (χ0) is 22.9. The van der Waals surface area contributed by atoms with E-state index in [2.05, 4.69) is 6.92 Å². The first kappa shape index (κ1) is 22.0. The van der Waals surface area contributed by atoms with Gasteiger partial charge in [0, 0.05) is 10.9 Å². The van der Waals surface area contributed by atoms with Gasteiger partial charge >= 0.3 is 6.18 Å². The molecular weight excluding hydrogens is 419 g/mol. The maximum absolute atomic E-state index is 15.2. The predicted molar refractivity (Wildman–Crippen MR) is 118 cm³/mol. The van der Waals surface area contributed by atoms with Gasteiger partial charge in [0.15, 0.2) is 0 Å². The maximum atomic E-state index is 15.2. The zero-order valence-corrected chi connectivity index (χ0v) is 17.4. The lowest BCUT2D eigenvalue weighted by Gasteiger charge is -2.11. The van der Waals surface area contributed by atoms with Gasteiger partial charge in [-0.1, -0.05) is 74.0 Å². The monoisotopic (exact) mass is 440 g/mol. The molecular formula is C27H21F5. The lowest BCUT2D eigenvalue weighted by atomic mass is 9.96. The smallest absolute Gasteiger partial charge is 0.206 e. The SMILES string of the molecule is CCCCc1ccc2c(F)c(-c3ccc(-c4ccc(C(F)(F)F)c(F)c4)cc3)ccc2c1. The summed E-state index contributed by atoms with van der Waals surface area (Å²) in [6, 6.07) is 18.9. The Kier molecular flexibility index (Phi) is 6.00. The molecule has 0 aromatic heterocycles. The van der Waals surface area contributed by atoms with E-state index >= 15 is 4.39 Å². The quantitative estimate of drug-likeness (QED) is 0.272. The van der Waals surface area contributed by atoms with Crippen LogP contribution in [0, 0.1) is 11.6 Å². The third-order valence-electron chi connectivity index (χ3n) is 5.64. The molecule has 4 rings (SSSR count). The fourth-order valence-electron chi connectivity index (χ4n) is 3.87. The van der Waals surface area contributed by atoms with E-state index in [-0.39, 0.29) is 5.82 Å². The van der Waals surface area contributed by atoms with Crippen LogP contribution in [0.25, 0.3) is 33.0 Å². The first-order chi connectivity index (χ1) is 15.3. The van der Waals surface area contributed by atoms with Gasteiger partial charge in [-0.15, -0.1) is 0 Å². The average molecular weight is 440 g/mol. The van der Waals surface area contributed by atoms with E-state index in [1.165, 1.54) is 11.6 Å². The van der Waals surface area contributed by atoms with E-state index in [1.54, 1.807) is 36.4 Å². The highest BCUT2D eigenvalue weighted by Gasteiger charge is 2.33. The summed E-state index contributed by atoms with van der Waals surface area (Å²) in [5.41, 5.74) is 1.82. The van der Waals surface area contributed by atoms with Gasteiger partial charge in [0.25, 0.3) is 0 Å². The van der Waals surface area contributed by atoms with Crippen LogP contribution >= 0.6 is 0 Å². The van der Waals surface area contributed by atoms with Crippen molar-refractivity contribution >= 4 is 10.8 Å². The Hall–Kier alpha value is -3.21. The van der Waals surface area contributed by atoms with Crippen LogP contribution in [0.15, 0.2) is 72.8 Å². The van der Waals surface area contributed by atoms with Crippen molar-refractivity contribution in [2.24, 2.45) is 0 Å². The lowest BCUT2D eigenvalue weighted by Crippen LogP contribution is -2.07. The molecule has 0 spiro atoms. The van der Waals surface area contributed by atoms with Crippen LogP contribution in [0.3, 0.4) is 0 Å². The second-order valence-electron chi connectivity index (χ2n) is 7.86. The summed E-state index contributed by atoms with van der Waals surface area (Å²) in [4.78, 5) is 0. The first-order valence-electron chi connectivity index (χ1n) is 10.5. The molecule has 0 aliphatic carbocycles. The molecule has 32 heavy (non-hydrogen) atoms. The number of hydrogen-bond donors (Lipinski definition) is 0. The van der Waals surface area contributed by atoms with Crippen molar-refractivity contribution in [1.82, 2.24) is 0 Å². The summed E-state index contributed by atoms with van der Waals surface area (Å²) in [6.45, 7) is 2.13. The molecule has 0 bridgehead atoms. The third kappa shape index (κ3) is 4.38. The molecule has 0 aliphatic rings. The number of fused-ring (bicyclic) bond motifs is 1. The average Bonchev–Trinajstić information content (AvgIpc) is 2.77. The molecule has 0 aliphatic heterocycles. The lowest BCUT2D eigenvalue weighted by molar-refractivity contribution is -0.139. The number of aryl methyl sites for hydroxylation is 1. The number of benzene rings is 4. The van der Waals surface area contributed by atoms with Gasteiger partial charge < -0.3 is 0 Å². The van der Waals surface area contributed by atoms with Crippen molar-refractivity contribution < 1.29 is 22.0 Å². The standard InChI is InChI=1S/C27H21F5/c1-2-3-4-17-5-12-23-21(15-17)10-13-22(26(23)29)19-8-6-18(7-9-19)20-11-14-24(25(28)16-20)27(30,31)32/h5-16H,2-4H2,1H3. The van der Waals surface area contributed by atoms with Crippen LogP contribution in [0.2, 0.25) is 0 Å². The van der Waals surface area contributed by atoms with Crippen molar-refractivity contribution in [1.29, 1.82) is 0 Å². The molecule has 0 nitrogen and oxygen atoms in total. The summed E-state index contributed by atoms with van der Waals surface area (Å²) < 4.78 is 67.4. The summed E-state index contributed by atoms with van der Waals surface area (Å²) >= 11 is 0. The molecule has 4 aromatic carbocycles. The number of alkyl halides is 3. The molecule has 5 heteroatoms. The summed E-state index contributed by atoms with van der Waals surface area (Å²) in [5.74, 6) is -1.64. The number of rotatable bonds is 5. The highest BCUT2D eigenvalue weighted by atomic mass is 19.4. The molecule has 0 N–H and O–H groups in total. The molecule has 0 amide bonds. The Labute approximate surface area is 183 Å². The van der Waals surface area contributed by atoms with E-state index in [0.717, 1.165) is 36.8 Å². The van der Waals surface area contributed by atoms with E-state index in [0.29, 0.717) is 27.6 Å². The van der Waals surface area contributed by atoms with Gasteiger partial charge in [0.2, 0.25) is 0 Å². The van der Waals surface area contributed by atoms with Crippen molar-refractivity contribution in [3.05, 3.63) is 95.6 Å². The summed E-state index contributed by atoms with van der Waals surface area (Å²) in [5, 5.41) is 1.38. The van der Waals surface area contributed by atoms with Crippen LogP contribution < -0.4 is 0 Å². The van der Waals surface area contributed by atoms with Crippen molar-refractivity contribution in [3.63, 3.8) is 0 Å². The van der Waals surface area contributed by atoms with Gasteiger partial charge in [-0.2, -0.15) is 13.2 Å². The molecule has 0 saturated heterocycles. The number of unbranched alkanes of at least 4 members (excludes halogenated alkanes) is 1. The minimum absolute atomic E-state index is 0.320. The van der Waals surface area contributed by atoms with Crippen LogP contribution in [-0.4, -0.2) is 0 Å². The van der Waals surface area contributed by atoms with Crippen LogP contribution in [-0.2, 0) is 12.6 Å². The Morgan fingerprint density at radius 1 is 0.719 bits per heavy atom. The fourth-order valence-corrected chi connectivity index (χ4v) is 3.87. The summed E-state index contributed by atoms with van der Waals surface area (Å²) in [7, 11) is 0. The molecule has 0 heterocycles. The summed E-state index contributed by atoms with van der Waals surface area (Å²) in [6.07, 6.45) is -1.60. The molecule has 4 aromatic rings. The van der Waals surface area contributed by atoms with E-state index in [4.69, 9.17) is 0 Å². The fraction of sp³-hybridized carbons (Fsp3) is 0.185. The highest BCUT2D eigenvalue weighted by molar-refractivity contribution is 5.89.